The lowest BCUT2D eigenvalue weighted by atomic mass is 10.2. The van der Waals surface area contributed by atoms with E-state index >= 15 is 0 Å². The minimum atomic E-state index is -3.96. The van der Waals surface area contributed by atoms with Gasteiger partial charge in [0.25, 0.3) is 10.0 Å². The van der Waals surface area contributed by atoms with Gasteiger partial charge in [-0.2, -0.15) is 0 Å². The Kier molecular flexibility index (Phi) is 8.57. The van der Waals surface area contributed by atoms with Gasteiger partial charge < -0.3 is 14.8 Å². The number of methoxy groups -OCH3 is 1. The summed E-state index contributed by atoms with van der Waals surface area (Å²) < 4.78 is 39.6. The van der Waals surface area contributed by atoms with E-state index in [0.29, 0.717) is 21.7 Å². The summed E-state index contributed by atoms with van der Waals surface area (Å²) >= 11 is 3.37. The van der Waals surface area contributed by atoms with Crippen LogP contribution in [0.15, 0.2) is 82.2 Å². The smallest absolute Gasteiger partial charge is 0.264 e. The van der Waals surface area contributed by atoms with Crippen molar-refractivity contribution in [2.75, 3.05) is 18.0 Å². The number of rotatable bonds is 10. The Bertz CT molecular complexity index is 1230. The second kappa shape index (κ2) is 11.4. The van der Waals surface area contributed by atoms with E-state index in [1.807, 2.05) is 19.9 Å². The summed E-state index contributed by atoms with van der Waals surface area (Å²) in [6.45, 7) is 3.68. The Morgan fingerprint density at radius 1 is 1.00 bits per heavy atom. The largest absolute Gasteiger partial charge is 0.493 e. The third-order valence-electron chi connectivity index (χ3n) is 4.79. The number of hydrogen-bond donors (Lipinski definition) is 1. The molecule has 0 radical (unpaired) electrons. The Labute approximate surface area is 208 Å². The number of carbonyl (C=O) groups is 1. The maximum Gasteiger partial charge on any atom is 0.264 e. The number of halogens is 1. The molecule has 0 aliphatic heterocycles. The van der Waals surface area contributed by atoms with Gasteiger partial charge in [-0.3, -0.25) is 9.10 Å². The molecule has 0 atom stereocenters. The van der Waals surface area contributed by atoms with Crippen LogP contribution in [0.5, 0.6) is 11.5 Å². The zero-order valence-electron chi connectivity index (χ0n) is 19.2. The molecule has 0 fully saturated rings. The van der Waals surface area contributed by atoms with Crippen LogP contribution in [0, 0.1) is 0 Å². The number of ether oxygens (including phenoxy) is 2. The molecule has 0 saturated carbocycles. The molecule has 1 N–H and O–H groups in total. The number of sulfonamides is 1. The molecule has 0 heterocycles. The standard InChI is InChI=1S/C25H27BrN2O5S/c1-18(2)33-23-13-12-19(14-24(23)32-3)16-27-25(29)17-28(21-9-7-8-20(26)15-21)34(30,31)22-10-5-4-6-11-22/h4-15,18H,16-17H2,1-3H3,(H,27,29). The van der Waals surface area contributed by atoms with Gasteiger partial charge in [-0.1, -0.05) is 46.3 Å². The fraction of sp³-hybridized carbons (Fsp3) is 0.240. The molecular formula is C25H27BrN2O5S. The van der Waals surface area contributed by atoms with E-state index in [1.54, 1.807) is 61.7 Å². The lowest BCUT2D eigenvalue weighted by Crippen LogP contribution is -2.40. The van der Waals surface area contributed by atoms with E-state index in [4.69, 9.17) is 9.47 Å². The van der Waals surface area contributed by atoms with Crippen molar-refractivity contribution in [3.05, 3.63) is 82.8 Å². The van der Waals surface area contributed by atoms with E-state index in [9.17, 15) is 13.2 Å². The molecular weight excluding hydrogens is 520 g/mol. The van der Waals surface area contributed by atoms with Crippen LogP contribution in [0.4, 0.5) is 5.69 Å². The zero-order chi connectivity index (χ0) is 24.7. The molecule has 0 aromatic heterocycles. The molecule has 0 aliphatic rings. The number of carbonyl (C=O) groups excluding carboxylic acids is 1. The summed E-state index contributed by atoms with van der Waals surface area (Å²) in [5, 5.41) is 2.80. The predicted molar refractivity (Wildman–Crippen MR) is 136 cm³/mol. The van der Waals surface area contributed by atoms with Crippen LogP contribution >= 0.6 is 15.9 Å². The third kappa shape index (κ3) is 6.51. The monoisotopic (exact) mass is 546 g/mol. The molecule has 0 bridgehead atoms. The lowest BCUT2D eigenvalue weighted by molar-refractivity contribution is -0.119. The number of nitrogens with zero attached hydrogens (tertiary/aromatic N) is 1. The van der Waals surface area contributed by atoms with E-state index in [-0.39, 0.29) is 24.1 Å². The zero-order valence-corrected chi connectivity index (χ0v) is 21.6. The summed E-state index contributed by atoms with van der Waals surface area (Å²) in [5.41, 5.74) is 1.17. The first kappa shape index (κ1) is 25.6. The van der Waals surface area contributed by atoms with Crippen LogP contribution in [0.3, 0.4) is 0 Å². The summed E-state index contributed by atoms with van der Waals surface area (Å²) in [4.78, 5) is 12.9. The molecule has 7 nitrogen and oxygen atoms in total. The Morgan fingerprint density at radius 2 is 1.74 bits per heavy atom. The molecule has 3 rings (SSSR count). The maximum atomic E-state index is 13.4. The molecule has 3 aromatic carbocycles. The summed E-state index contributed by atoms with van der Waals surface area (Å²) in [7, 11) is -2.41. The van der Waals surface area contributed by atoms with E-state index in [0.717, 1.165) is 9.87 Å². The maximum absolute atomic E-state index is 13.4. The van der Waals surface area contributed by atoms with Gasteiger partial charge in [-0.25, -0.2) is 8.42 Å². The van der Waals surface area contributed by atoms with Crippen molar-refractivity contribution in [2.45, 2.75) is 31.4 Å². The predicted octanol–water partition coefficient (Wildman–Crippen LogP) is 4.76. The quantitative estimate of drug-likeness (QED) is 0.396. The molecule has 0 aliphatic carbocycles. The molecule has 1 amide bonds. The van der Waals surface area contributed by atoms with Crippen LogP contribution in [-0.2, 0) is 21.4 Å². The fourth-order valence-corrected chi connectivity index (χ4v) is 5.05. The second-order valence-electron chi connectivity index (χ2n) is 7.73. The van der Waals surface area contributed by atoms with Crippen molar-refractivity contribution < 1.29 is 22.7 Å². The highest BCUT2D eigenvalue weighted by molar-refractivity contribution is 9.10. The summed E-state index contributed by atoms with van der Waals surface area (Å²) in [6, 6.07) is 20.2. The first-order chi connectivity index (χ1) is 16.2. The highest BCUT2D eigenvalue weighted by atomic mass is 79.9. The minimum Gasteiger partial charge on any atom is -0.493 e. The summed E-state index contributed by atoms with van der Waals surface area (Å²) in [6.07, 6.45) is -0.00461. The second-order valence-corrected chi connectivity index (χ2v) is 10.5. The topological polar surface area (TPSA) is 84.9 Å². The van der Waals surface area contributed by atoms with Crippen LogP contribution < -0.4 is 19.1 Å². The van der Waals surface area contributed by atoms with Gasteiger partial charge in [0.15, 0.2) is 11.5 Å². The number of anilines is 1. The third-order valence-corrected chi connectivity index (χ3v) is 7.08. The number of amides is 1. The van der Waals surface area contributed by atoms with Crippen molar-refractivity contribution in [3.8, 4) is 11.5 Å². The van der Waals surface area contributed by atoms with E-state index in [2.05, 4.69) is 21.2 Å². The molecule has 0 saturated heterocycles. The highest BCUT2D eigenvalue weighted by Crippen LogP contribution is 2.29. The van der Waals surface area contributed by atoms with Gasteiger partial charge in [-0.05, 0) is 61.9 Å². The van der Waals surface area contributed by atoms with Crippen molar-refractivity contribution in [1.82, 2.24) is 5.32 Å². The van der Waals surface area contributed by atoms with Gasteiger partial charge in [0.1, 0.15) is 6.54 Å². The SMILES string of the molecule is COc1cc(CNC(=O)CN(c2cccc(Br)c2)S(=O)(=O)c2ccccc2)ccc1OC(C)C. The first-order valence-electron chi connectivity index (χ1n) is 10.6. The van der Waals surface area contributed by atoms with Crippen molar-refractivity contribution >= 4 is 37.5 Å². The molecule has 0 unspecified atom stereocenters. The van der Waals surface area contributed by atoms with Gasteiger partial charge in [0, 0.05) is 11.0 Å². The Hall–Kier alpha value is -3.04. The average Bonchev–Trinajstić information content (AvgIpc) is 2.82. The number of nitrogens with one attached hydrogen (secondary N) is 1. The number of hydrogen-bond acceptors (Lipinski definition) is 5. The van der Waals surface area contributed by atoms with Gasteiger partial charge in [-0.15, -0.1) is 0 Å². The summed E-state index contributed by atoms with van der Waals surface area (Å²) in [5.74, 6) is 0.728. The Morgan fingerprint density at radius 3 is 2.38 bits per heavy atom. The van der Waals surface area contributed by atoms with Gasteiger partial charge >= 0.3 is 0 Å². The first-order valence-corrected chi connectivity index (χ1v) is 12.9. The van der Waals surface area contributed by atoms with E-state index < -0.39 is 15.9 Å². The molecule has 34 heavy (non-hydrogen) atoms. The van der Waals surface area contributed by atoms with Crippen LogP contribution in [-0.4, -0.2) is 34.1 Å². The minimum absolute atomic E-state index is 0.00461. The van der Waals surface area contributed by atoms with Crippen LogP contribution in [0.1, 0.15) is 19.4 Å². The number of benzene rings is 3. The molecule has 3 aromatic rings. The van der Waals surface area contributed by atoms with Crippen LogP contribution in [0.2, 0.25) is 0 Å². The Balaban J connectivity index is 1.79. The molecule has 0 spiro atoms. The van der Waals surface area contributed by atoms with Gasteiger partial charge in [0.05, 0.1) is 23.8 Å². The van der Waals surface area contributed by atoms with Gasteiger partial charge in [0.2, 0.25) is 5.91 Å². The fourth-order valence-electron chi connectivity index (χ4n) is 3.23. The normalized spacial score (nSPS) is 11.2. The highest BCUT2D eigenvalue weighted by Gasteiger charge is 2.27. The average molecular weight is 547 g/mol. The van der Waals surface area contributed by atoms with E-state index in [1.165, 1.54) is 12.1 Å². The van der Waals surface area contributed by atoms with Crippen molar-refractivity contribution in [3.63, 3.8) is 0 Å². The molecule has 9 heteroatoms. The molecule has 180 valence electrons. The van der Waals surface area contributed by atoms with Crippen molar-refractivity contribution in [2.24, 2.45) is 0 Å². The van der Waals surface area contributed by atoms with Crippen molar-refractivity contribution in [1.29, 1.82) is 0 Å². The van der Waals surface area contributed by atoms with Crippen LogP contribution in [0.25, 0.3) is 0 Å². The lowest BCUT2D eigenvalue weighted by Gasteiger charge is -2.24.